The van der Waals surface area contributed by atoms with Crippen LogP contribution >= 0.6 is 27.5 Å². The van der Waals surface area contributed by atoms with E-state index in [4.69, 9.17) is 9.47 Å². The zero-order valence-electron chi connectivity index (χ0n) is 8.64. The highest BCUT2D eigenvalue weighted by atomic mass is 79.9. The van der Waals surface area contributed by atoms with Gasteiger partial charge in [0.2, 0.25) is 6.79 Å². The molecule has 88 valence electrons. The standard InChI is InChI=1S/C10H8BrN3O2S/c11-7-2-9-8(15-5-16-9)1-6(7)3-12-10-4-13-14-17-10/h1-2,4,12H,3,5H2. The molecule has 1 aromatic heterocycles. The number of aromatic nitrogens is 2. The maximum atomic E-state index is 5.34. The van der Waals surface area contributed by atoms with Crippen molar-refractivity contribution in [3.05, 3.63) is 28.4 Å². The lowest BCUT2D eigenvalue weighted by molar-refractivity contribution is 0.174. The molecular formula is C10H8BrN3O2S. The van der Waals surface area contributed by atoms with Crippen molar-refractivity contribution < 1.29 is 9.47 Å². The molecule has 0 fully saturated rings. The normalized spacial score (nSPS) is 12.8. The second-order valence-corrected chi connectivity index (χ2v) is 5.07. The van der Waals surface area contributed by atoms with Gasteiger partial charge >= 0.3 is 0 Å². The van der Waals surface area contributed by atoms with Crippen LogP contribution < -0.4 is 14.8 Å². The number of nitrogens with one attached hydrogen (secondary N) is 1. The first kappa shape index (κ1) is 10.8. The van der Waals surface area contributed by atoms with Crippen LogP contribution in [-0.4, -0.2) is 16.4 Å². The molecule has 2 aromatic rings. The molecule has 17 heavy (non-hydrogen) atoms. The topological polar surface area (TPSA) is 56.3 Å². The molecule has 0 atom stereocenters. The fourth-order valence-electron chi connectivity index (χ4n) is 1.52. The lowest BCUT2D eigenvalue weighted by Gasteiger charge is -2.07. The zero-order chi connectivity index (χ0) is 11.7. The molecule has 5 nitrogen and oxygen atoms in total. The van der Waals surface area contributed by atoms with Gasteiger partial charge in [0, 0.05) is 22.5 Å². The number of nitrogens with zero attached hydrogens (tertiary/aromatic N) is 2. The third kappa shape index (κ3) is 2.20. The van der Waals surface area contributed by atoms with E-state index in [-0.39, 0.29) is 6.79 Å². The molecule has 0 amide bonds. The van der Waals surface area contributed by atoms with Crippen LogP contribution in [0.1, 0.15) is 5.56 Å². The van der Waals surface area contributed by atoms with E-state index in [2.05, 4.69) is 30.8 Å². The summed E-state index contributed by atoms with van der Waals surface area (Å²) >= 11 is 4.84. The van der Waals surface area contributed by atoms with Crippen molar-refractivity contribution in [3.8, 4) is 11.5 Å². The maximum Gasteiger partial charge on any atom is 0.231 e. The third-order valence-electron chi connectivity index (χ3n) is 2.36. The minimum Gasteiger partial charge on any atom is -0.454 e. The number of halogens is 1. The first-order valence-corrected chi connectivity index (χ1v) is 6.49. The van der Waals surface area contributed by atoms with Crippen molar-refractivity contribution in [3.63, 3.8) is 0 Å². The Kier molecular flexibility index (Phi) is 2.86. The van der Waals surface area contributed by atoms with Gasteiger partial charge in [0.25, 0.3) is 0 Å². The number of hydrogen-bond donors (Lipinski definition) is 1. The van der Waals surface area contributed by atoms with E-state index >= 15 is 0 Å². The lowest BCUT2D eigenvalue weighted by atomic mass is 10.2. The predicted octanol–water partition coefficient (Wildman–Crippen LogP) is 2.64. The van der Waals surface area contributed by atoms with Gasteiger partial charge in [0.1, 0.15) is 5.00 Å². The van der Waals surface area contributed by atoms with Gasteiger partial charge in [-0.25, -0.2) is 0 Å². The van der Waals surface area contributed by atoms with Gasteiger partial charge in [-0.15, -0.1) is 5.10 Å². The maximum absolute atomic E-state index is 5.34. The van der Waals surface area contributed by atoms with Gasteiger partial charge in [0.05, 0.1) is 6.20 Å². The average Bonchev–Trinajstić information content (AvgIpc) is 2.95. The van der Waals surface area contributed by atoms with Gasteiger partial charge in [-0.3, -0.25) is 0 Å². The van der Waals surface area contributed by atoms with E-state index in [0.29, 0.717) is 6.54 Å². The first-order valence-electron chi connectivity index (χ1n) is 4.92. The van der Waals surface area contributed by atoms with Crippen LogP contribution in [0.3, 0.4) is 0 Å². The number of hydrogen-bond acceptors (Lipinski definition) is 6. The van der Waals surface area contributed by atoms with E-state index in [1.807, 2.05) is 12.1 Å². The SMILES string of the molecule is Brc1cc2c(cc1CNc1cnns1)OCO2. The van der Waals surface area contributed by atoms with Crippen molar-refractivity contribution >= 4 is 32.5 Å². The molecule has 3 rings (SSSR count). The van der Waals surface area contributed by atoms with Crippen LogP contribution in [0.25, 0.3) is 0 Å². The average molecular weight is 314 g/mol. The van der Waals surface area contributed by atoms with Gasteiger partial charge in [-0.2, -0.15) is 0 Å². The molecule has 0 radical (unpaired) electrons. The third-order valence-corrected chi connectivity index (χ3v) is 3.72. The predicted molar refractivity (Wildman–Crippen MR) is 67.5 cm³/mol. The molecule has 0 aliphatic carbocycles. The van der Waals surface area contributed by atoms with E-state index in [9.17, 15) is 0 Å². The van der Waals surface area contributed by atoms with Gasteiger partial charge in [-0.05, 0) is 17.7 Å². The van der Waals surface area contributed by atoms with Gasteiger partial charge < -0.3 is 14.8 Å². The molecule has 0 bridgehead atoms. The first-order chi connectivity index (χ1) is 8.33. The summed E-state index contributed by atoms with van der Waals surface area (Å²) in [5, 5.41) is 7.94. The summed E-state index contributed by atoms with van der Waals surface area (Å²) in [6, 6.07) is 3.89. The van der Waals surface area contributed by atoms with E-state index in [1.165, 1.54) is 11.5 Å². The fraction of sp³-hybridized carbons (Fsp3) is 0.200. The number of anilines is 1. The Bertz CT molecular complexity index is 533. The van der Waals surface area contributed by atoms with E-state index in [0.717, 1.165) is 26.5 Å². The Morgan fingerprint density at radius 2 is 2.18 bits per heavy atom. The monoisotopic (exact) mass is 313 g/mol. The summed E-state index contributed by atoms with van der Waals surface area (Å²) in [5.74, 6) is 1.56. The fourth-order valence-corrected chi connectivity index (χ4v) is 2.40. The molecule has 1 aliphatic heterocycles. The van der Waals surface area contributed by atoms with E-state index < -0.39 is 0 Å². The number of fused-ring (bicyclic) bond motifs is 1. The largest absolute Gasteiger partial charge is 0.454 e. The second kappa shape index (κ2) is 4.50. The minimum atomic E-state index is 0.289. The molecule has 2 heterocycles. The minimum absolute atomic E-state index is 0.289. The Morgan fingerprint density at radius 3 is 2.94 bits per heavy atom. The molecule has 1 aromatic carbocycles. The number of rotatable bonds is 3. The number of benzene rings is 1. The van der Waals surface area contributed by atoms with E-state index in [1.54, 1.807) is 6.20 Å². The summed E-state index contributed by atoms with van der Waals surface area (Å²) in [6.07, 6.45) is 1.70. The van der Waals surface area contributed by atoms with Gasteiger partial charge in [-0.1, -0.05) is 20.4 Å². The van der Waals surface area contributed by atoms with Crippen molar-refractivity contribution in [1.29, 1.82) is 0 Å². The van der Waals surface area contributed by atoms with Crippen molar-refractivity contribution in [2.45, 2.75) is 6.54 Å². The Hall–Kier alpha value is -1.34. The van der Waals surface area contributed by atoms with Crippen molar-refractivity contribution in [2.24, 2.45) is 0 Å². The molecule has 1 N–H and O–H groups in total. The molecule has 0 saturated heterocycles. The lowest BCUT2D eigenvalue weighted by Crippen LogP contribution is -1.98. The Labute approximate surface area is 110 Å². The summed E-state index contributed by atoms with van der Waals surface area (Å²) < 4.78 is 15.4. The van der Waals surface area contributed by atoms with Crippen LogP contribution in [0.15, 0.2) is 22.8 Å². The molecule has 0 unspecified atom stereocenters. The highest BCUT2D eigenvalue weighted by Gasteiger charge is 2.16. The smallest absolute Gasteiger partial charge is 0.231 e. The molecule has 1 aliphatic rings. The van der Waals surface area contributed by atoms with Crippen LogP contribution in [0.2, 0.25) is 0 Å². The van der Waals surface area contributed by atoms with Crippen LogP contribution in [0, 0.1) is 0 Å². The summed E-state index contributed by atoms with van der Waals surface area (Å²) in [6.45, 7) is 0.971. The van der Waals surface area contributed by atoms with Gasteiger partial charge in [0.15, 0.2) is 11.5 Å². The van der Waals surface area contributed by atoms with Crippen LogP contribution in [0.4, 0.5) is 5.00 Å². The quantitative estimate of drug-likeness (QED) is 0.944. The highest BCUT2D eigenvalue weighted by molar-refractivity contribution is 9.10. The van der Waals surface area contributed by atoms with Crippen molar-refractivity contribution in [2.75, 3.05) is 12.1 Å². The Morgan fingerprint density at radius 1 is 1.35 bits per heavy atom. The summed E-state index contributed by atoms with van der Waals surface area (Å²) in [7, 11) is 0. The zero-order valence-corrected chi connectivity index (χ0v) is 11.0. The second-order valence-electron chi connectivity index (χ2n) is 3.43. The van der Waals surface area contributed by atoms with Crippen molar-refractivity contribution in [1.82, 2.24) is 9.59 Å². The molecule has 0 saturated carbocycles. The highest BCUT2D eigenvalue weighted by Crippen LogP contribution is 2.37. The number of ether oxygens (including phenoxy) is 2. The summed E-state index contributed by atoms with van der Waals surface area (Å²) in [4.78, 5) is 0. The Balaban J connectivity index is 1.79. The van der Waals surface area contributed by atoms with Crippen LogP contribution in [0.5, 0.6) is 11.5 Å². The summed E-state index contributed by atoms with van der Waals surface area (Å²) in [5.41, 5.74) is 1.10. The molecular weight excluding hydrogens is 306 g/mol. The van der Waals surface area contributed by atoms with Crippen LogP contribution in [-0.2, 0) is 6.54 Å². The molecule has 7 heteroatoms. The molecule has 0 spiro atoms.